The van der Waals surface area contributed by atoms with Crippen molar-refractivity contribution >= 4 is 11.8 Å². The smallest absolute Gasteiger partial charge is 0.303 e. The second kappa shape index (κ2) is 6.64. The number of carbonyl (C=O) groups is 2. The van der Waals surface area contributed by atoms with E-state index in [1.807, 2.05) is 0 Å². The monoisotopic (exact) mass is 252 g/mol. The molecule has 0 amide bonds. The number of ketones is 1. The van der Waals surface area contributed by atoms with Crippen molar-refractivity contribution < 1.29 is 24.2 Å². The van der Waals surface area contributed by atoms with Gasteiger partial charge in [0.25, 0.3) is 0 Å². The van der Waals surface area contributed by atoms with Crippen LogP contribution in [0.5, 0.6) is 11.5 Å². The Morgan fingerprint density at radius 3 is 2.33 bits per heavy atom. The highest BCUT2D eigenvalue weighted by atomic mass is 16.5. The zero-order chi connectivity index (χ0) is 13.5. The number of hydrogen-bond donors (Lipinski definition) is 1. The number of carbonyl (C=O) groups excluding carboxylic acids is 1. The van der Waals surface area contributed by atoms with Crippen LogP contribution in [-0.2, 0) is 16.0 Å². The number of hydrogen-bond acceptors (Lipinski definition) is 4. The van der Waals surface area contributed by atoms with Crippen molar-refractivity contribution in [2.45, 2.75) is 19.3 Å². The van der Waals surface area contributed by atoms with Crippen LogP contribution in [0.4, 0.5) is 0 Å². The van der Waals surface area contributed by atoms with Gasteiger partial charge in [-0.15, -0.1) is 0 Å². The van der Waals surface area contributed by atoms with Gasteiger partial charge in [0.1, 0.15) is 5.78 Å². The highest BCUT2D eigenvalue weighted by molar-refractivity contribution is 5.84. The summed E-state index contributed by atoms with van der Waals surface area (Å²) >= 11 is 0. The summed E-state index contributed by atoms with van der Waals surface area (Å²) in [6.07, 6.45) is 0.115. The number of aliphatic carboxylic acids is 1. The van der Waals surface area contributed by atoms with Crippen LogP contribution in [0.1, 0.15) is 18.4 Å². The number of ether oxygens (including phenoxy) is 2. The van der Waals surface area contributed by atoms with E-state index in [9.17, 15) is 9.59 Å². The first-order valence-corrected chi connectivity index (χ1v) is 5.51. The van der Waals surface area contributed by atoms with Gasteiger partial charge in [-0.2, -0.15) is 0 Å². The Balaban J connectivity index is 2.67. The average molecular weight is 252 g/mol. The summed E-state index contributed by atoms with van der Waals surface area (Å²) in [5, 5.41) is 8.49. The van der Waals surface area contributed by atoms with E-state index < -0.39 is 5.97 Å². The third-order valence-electron chi connectivity index (χ3n) is 2.47. The molecule has 0 aliphatic heterocycles. The van der Waals surface area contributed by atoms with Crippen molar-refractivity contribution in [3.8, 4) is 11.5 Å². The summed E-state index contributed by atoms with van der Waals surface area (Å²) < 4.78 is 10.2. The van der Waals surface area contributed by atoms with E-state index in [0.717, 1.165) is 5.56 Å². The van der Waals surface area contributed by atoms with E-state index in [2.05, 4.69) is 0 Å². The molecule has 0 bridgehead atoms. The Bertz CT molecular complexity index is 439. The minimum absolute atomic E-state index is 0.0453. The molecule has 1 rings (SSSR count). The molecule has 18 heavy (non-hydrogen) atoms. The quantitative estimate of drug-likeness (QED) is 0.799. The maximum Gasteiger partial charge on any atom is 0.303 e. The largest absolute Gasteiger partial charge is 0.493 e. The molecule has 0 aliphatic carbocycles. The van der Waals surface area contributed by atoms with Crippen molar-refractivity contribution in [1.82, 2.24) is 0 Å². The number of Topliss-reactive ketones (excluding diaryl/α,β-unsaturated/α-hetero) is 1. The van der Waals surface area contributed by atoms with Crippen molar-refractivity contribution in [1.29, 1.82) is 0 Å². The van der Waals surface area contributed by atoms with Crippen LogP contribution >= 0.6 is 0 Å². The standard InChI is InChI=1S/C13H16O5/c1-17-11-5-3-9(8-12(11)18-2)7-10(14)4-6-13(15)16/h3,5,8H,4,6-7H2,1-2H3,(H,15,16). The summed E-state index contributed by atoms with van der Waals surface area (Å²) in [7, 11) is 3.06. The summed E-state index contributed by atoms with van der Waals surface area (Å²) in [5.41, 5.74) is 0.781. The maximum atomic E-state index is 11.5. The number of carboxylic acids is 1. The van der Waals surface area contributed by atoms with Crippen LogP contribution in [0.3, 0.4) is 0 Å². The second-order valence-electron chi connectivity index (χ2n) is 3.80. The van der Waals surface area contributed by atoms with Gasteiger partial charge in [-0.25, -0.2) is 0 Å². The Labute approximate surface area is 105 Å². The molecule has 0 aromatic heterocycles. The van der Waals surface area contributed by atoms with Crippen LogP contribution < -0.4 is 9.47 Å². The lowest BCUT2D eigenvalue weighted by atomic mass is 10.1. The van der Waals surface area contributed by atoms with Gasteiger partial charge in [0, 0.05) is 12.8 Å². The van der Waals surface area contributed by atoms with E-state index in [0.29, 0.717) is 11.5 Å². The summed E-state index contributed by atoms with van der Waals surface area (Å²) in [6, 6.07) is 5.20. The summed E-state index contributed by atoms with van der Waals surface area (Å²) in [4.78, 5) is 21.9. The van der Waals surface area contributed by atoms with Gasteiger partial charge in [-0.05, 0) is 17.7 Å². The lowest BCUT2D eigenvalue weighted by molar-refractivity contribution is -0.138. The Morgan fingerprint density at radius 1 is 1.11 bits per heavy atom. The molecule has 0 saturated heterocycles. The SMILES string of the molecule is COc1ccc(CC(=O)CCC(=O)O)cc1OC. The number of methoxy groups -OCH3 is 2. The van der Waals surface area contributed by atoms with Gasteiger partial charge in [0.15, 0.2) is 11.5 Å². The maximum absolute atomic E-state index is 11.5. The van der Waals surface area contributed by atoms with Gasteiger partial charge in [0.05, 0.1) is 20.6 Å². The van der Waals surface area contributed by atoms with Crippen LogP contribution in [-0.4, -0.2) is 31.1 Å². The molecule has 0 spiro atoms. The summed E-state index contributed by atoms with van der Waals surface area (Å²) in [6.45, 7) is 0. The van der Waals surface area contributed by atoms with Gasteiger partial charge in [0.2, 0.25) is 0 Å². The van der Waals surface area contributed by atoms with Gasteiger partial charge < -0.3 is 14.6 Å². The fourth-order valence-corrected chi connectivity index (χ4v) is 1.55. The van der Waals surface area contributed by atoms with E-state index in [-0.39, 0.29) is 25.0 Å². The molecule has 0 unspecified atom stereocenters. The van der Waals surface area contributed by atoms with Gasteiger partial charge in [-0.3, -0.25) is 9.59 Å². The van der Waals surface area contributed by atoms with Gasteiger partial charge in [-0.1, -0.05) is 6.07 Å². The van der Waals surface area contributed by atoms with Gasteiger partial charge >= 0.3 is 5.97 Å². The van der Waals surface area contributed by atoms with Crippen molar-refractivity contribution in [2.75, 3.05) is 14.2 Å². The second-order valence-corrected chi connectivity index (χ2v) is 3.80. The molecule has 5 nitrogen and oxygen atoms in total. The molecule has 0 heterocycles. The molecule has 1 N–H and O–H groups in total. The molecular formula is C13H16O5. The molecule has 1 aromatic carbocycles. The predicted molar refractivity (Wildman–Crippen MR) is 65.1 cm³/mol. The van der Waals surface area contributed by atoms with E-state index in [1.54, 1.807) is 18.2 Å². The Hall–Kier alpha value is -2.04. The Kier molecular flexibility index (Phi) is 5.17. The lowest BCUT2D eigenvalue weighted by Gasteiger charge is -2.09. The molecule has 5 heteroatoms. The normalized spacial score (nSPS) is 9.89. The topological polar surface area (TPSA) is 72.8 Å². The molecule has 0 aliphatic rings. The van der Waals surface area contributed by atoms with E-state index in [4.69, 9.17) is 14.6 Å². The lowest BCUT2D eigenvalue weighted by Crippen LogP contribution is -2.06. The zero-order valence-corrected chi connectivity index (χ0v) is 10.4. The van der Waals surface area contributed by atoms with Crippen molar-refractivity contribution in [3.63, 3.8) is 0 Å². The highest BCUT2D eigenvalue weighted by Crippen LogP contribution is 2.27. The fraction of sp³-hybridized carbons (Fsp3) is 0.385. The van der Waals surface area contributed by atoms with Crippen molar-refractivity contribution in [2.24, 2.45) is 0 Å². The number of carboxylic acid groups (broad SMARTS) is 1. The Morgan fingerprint density at radius 2 is 1.78 bits per heavy atom. The molecule has 1 aromatic rings. The zero-order valence-electron chi connectivity index (χ0n) is 10.4. The molecule has 0 atom stereocenters. The molecular weight excluding hydrogens is 236 g/mol. The molecule has 0 saturated carbocycles. The molecule has 0 radical (unpaired) electrons. The molecule has 0 fully saturated rings. The third-order valence-corrected chi connectivity index (χ3v) is 2.47. The van der Waals surface area contributed by atoms with Crippen LogP contribution in [0.25, 0.3) is 0 Å². The number of benzene rings is 1. The van der Waals surface area contributed by atoms with Crippen molar-refractivity contribution in [3.05, 3.63) is 23.8 Å². The van der Waals surface area contributed by atoms with E-state index in [1.165, 1.54) is 14.2 Å². The first-order valence-electron chi connectivity index (χ1n) is 5.51. The minimum Gasteiger partial charge on any atom is -0.493 e. The predicted octanol–water partition coefficient (Wildman–Crippen LogP) is 1.68. The van der Waals surface area contributed by atoms with E-state index >= 15 is 0 Å². The number of rotatable bonds is 7. The van der Waals surface area contributed by atoms with Crippen LogP contribution in [0, 0.1) is 0 Å². The van der Waals surface area contributed by atoms with Crippen LogP contribution in [0.15, 0.2) is 18.2 Å². The fourth-order valence-electron chi connectivity index (χ4n) is 1.55. The first-order chi connectivity index (χ1) is 8.56. The highest BCUT2D eigenvalue weighted by Gasteiger charge is 2.09. The van der Waals surface area contributed by atoms with Crippen LogP contribution in [0.2, 0.25) is 0 Å². The minimum atomic E-state index is -0.962. The average Bonchev–Trinajstić information content (AvgIpc) is 2.36. The summed E-state index contributed by atoms with van der Waals surface area (Å²) in [5.74, 6) is 0.0838. The first kappa shape index (κ1) is 14.0. The molecule has 98 valence electrons. The third kappa shape index (κ3) is 4.08.